The van der Waals surface area contributed by atoms with E-state index >= 15 is 0 Å². The minimum absolute atomic E-state index is 0.0525. The van der Waals surface area contributed by atoms with Gasteiger partial charge in [0.1, 0.15) is 0 Å². The number of nitrogens with zero attached hydrogens (tertiary/aromatic N) is 3. The van der Waals surface area contributed by atoms with Crippen LogP contribution in [0.1, 0.15) is 12.5 Å². The maximum atomic E-state index is 11.8. The molecule has 0 aliphatic rings. The van der Waals surface area contributed by atoms with Crippen LogP contribution in [-0.2, 0) is 4.79 Å². The molecule has 5 nitrogen and oxygen atoms in total. The predicted molar refractivity (Wildman–Crippen MR) is 80.6 cm³/mol. The summed E-state index contributed by atoms with van der Waals surface area (Å²) in [5, 5.41) is 7.45. The predicted octanol–water partition coefficient (Wildman–Crippen LogP) is 2.35. The van der Waals surface area contributed by atoms with Crippen molar-refractivity contribution in [3.8, 4) is 11.4 Å². The third-order valence-corrected chi connectivity index (χ3v) is 3.81. The van der Waals surface area contributed by atoms with Gasteiger partial charge < -0.3 is 4.90 Å². The van der Waals surface area contributed by atoms with Crippen molar-refractivity contribution in [3.05, 3.63) is 29.8 Å². The Morgan fingerprint density at radius 2 is 1.95 bits per heavy atom. The van der Waals surface area contributed by atoms with Crippen molar-refractivity contribution >= 4 is 17.7 Å². The number of carbonyl (C=O) groups is 1. The highest BCUT2D eigenvalue weighted by atomic mass is 32.2. The summed E-state index contributed by atoms with van der Waals surface area (Å²) in [6, 6.07) is 8.06. The van der Waals surface area contributed by atoms with Crippen molar-refractivity contribution in [3.63, 3.8) is 0 Å². The number of amides is 1. The minimum Gasteiger partial charge on any atom is -0.348 e. The van der Waals surface area contributed by atoms with Crippen molar-refractivity contribution in [2.75, 3.05) is 14.1 Å². The number of thioether (sulfide) groups is 1. The van der Waals surface area contributed by atoms with Crippen LogP contribution in [0.4, 0.5) is 0 Å². The molecule has 0 fully saturated rings. The van der Waals surface area contributed by atoms with E-state index in [1.54, 1.807) is 19.0 Å². The van der Waals surface area contributed by atoms with Gasteiger partial charge in [-0.15, -0.1) is 5.10 Å². The molecule has 0 spiro atoms. The minimum atomic E-state index is -0.202. The van der Waals surface area contributed by atoms with Crippen LogP contribution in [0.3, 0.4) is 0 Å². The Morgan fingerprint density at radius 3 is 2.55 bits per heavy atom. The molecule has 1 atom stereocenters. The van der Waals surface area contributed by atoms with Gasteiger partial charge in [0.05, 0.1) is 5.25 Å². The fraction of sp³-hybridized carbons (Fsp3) is 0.357. The van der Waals surface area contributed by atoms with Crippen LogP contribution in [-0.4, -0.2) is 45.3 Å². The first-order chi connectivity index (χ1) is 9.47. The summed E-state index contributed by atoms with van der Waals surface area (Å²) < 4.78 is 0. The van der Waals surface area contributed by atoms with E-state index in [1.807, 2.05) is 38.1 Å². The van der Waals surface area contributed by atoms with E-state index in [0.29, 0.717) is 5.16 Å². The highest BCUT2D eigenvalue weighted by molar-refractivity contribution is 8.00. The monoisotopic (exact) mass is 290 g/mol. The Kier molecular flexibility index (Phi) is 4.44. The van der Waals surface area contributed by atoms with Gasteiger partial charge in [0.15, 0.2) is 5.82 Å². The lowest BCUT2D eigenvalue weighted by molar-refractivity contribution is -0.127. The molecule has 1 aromatic heterocycles. The van der Waals surface area contributed by atoms with Crippen LogP contribution in [0.5, 0.6) is 0 Å². The molecule has 2 aromatic rings. The number of hydrogen-bond donors (Lipinski definition) is 1. The summed E-state index contributed by atoms with van der Waals surface area (Å²) in [6.45, 7) is 3.90. The topological polar surface area (TPSA) is 61.9 Å². The molecule has 106 valence electrons. The van der Waals surface area contributed by atoms with Crippen LogP contribution in [0.2, 0.25) is 0 Å². The third-order valence-electron chi connectivity index (χ3n) is 2.86. The van der Waals surface area contributed by atoms with Crippen molar-refractivity contribution in [1.29, 1.82) is 0 Å². The zero-order valence-corrected chi connectivity index (χ0v) is 12.9. The lowest BCUT2D eigenvalue weighted by Crippen LogP contribution is -2.29. The zero-order valence-electron chi connectivity index (χ0n) is 12.0. The number of rotatable bonds is 4. The van der Waals surface area contributed by atoms with E-state index < -0.39 is 0 Å². The molecular formula is C14H18N4OS. The number of H-pyrrole nitrogens is 1. The molecular weight excluding hydrogens is 272 g/mol. The normalized spacial score (nSPS) is 12.2. The van der Waals surface area contributed by atoms with Gasteiger partial charge in [0, 0.05) is 19.7 Å². The van der Waals surface area contributed by atoms with Crippen LogP contribution in [0.25, 0.3) is 11.4 Å². The highest BCUT2D eigenvalue weighted by Gasteiger charge is 2.18. The number of aromatic amines is 1. The van der Waals surface area contributed by atoms with E-state index in [0.717, 1.165) is 11.4 Å². The molecule has 0 saturated heterocycles. The van der Waals surface area contributed by atoms with E-state index in [1.165, 1.54) is 17.3 Å². The molecule has 20 heavy (non-hydrogen) atoms. The third kappa shape index (κ3) is 3.39. The van der Waals surface area contributed by atoms with Crippen molar-refractivity contribution < 1.29 is 4.79 Å². The Balaban J connectivity index is 2.09. The molecule has 0 aliphatic carbocycles. The number of carbonyl (C=O) groups excluding carboxylic acids is 1. The van der Waals surface area contributed by atoms with Crippen molar-refractivity contribution in [2.24, 2.45) is 0 Å². The van der Waals surface area contributed by atoms with Crippen LogP contribution in [0, 0.1) is 6.92 Å². The summed E-state index contributed by atoms with van der Waals surface area (Å²) in [5.41, 5.74) is 2.19. The molecule has 1 heterocycles. The Bertz CT molecular complexity index is 591. The first-order valence-corrected chi connectivity index (χ1v) is 7.22. The number of hydrogen-bond acceptors (Lipinski definition) is 4. The molecule has 2 rings (SSSR count). The fourth-order valence-electron chi connectivity index (χ4n) is 1.71. The van der Waals surface area contributed by atoms with Gasteiger partial charge >= 0.3 is 0 Å². The second-order valence-electron chi connectivity index (χ2n) is 4.83. The lowest BCUT2D eigenvalue weighted by atomic mass is 10.1. The number of benzene rings is 1. The number of aryl methyl sites for hydroxylation is 1. The summed E-state index contributed by atoms with van der Waals surface area (Å²) in [6.07, 6.45) is 0. The summed E-state index contributed by atoms with van der Waals surface area (Å²) in [7, 11) is 3.49. The van der Waals surface area contributed by atoms with Crippen LogP contribution in [0.15, 0.2) is 29.4 Å². The molecule has 1 aromatic carbocycles. The summed E-state index contributed by atoms with van der Waals surface area (Å²) >= 11 is 1.35. The summed E-state index contributed by atoms with van der Waals surface area (Å²) in [4.78, 5) is 17.8. The SMILES string of the molecule is Cc1ccc(-c2nc(S[C@H](C)C(=O)N(C)C)n[nH]2)cc1. The molecule has 1 N–H and O–H groups in total. The highest BCUT2D eigenvalue weighted by Crippen LogP contribution is 2.23. The standard InChI is InChI=1S/C14H18N4OS/c1-9-5-7-11(8-6-9)12-15-14(17-16-12)20-10(2)13(19)18(3)4/h5-8,10H,1-4H3,(H,15,16,17)/t10-/m1/s1. The summed E-state index contributed by atoms with van der Waals surface area (Å²) in [5.74, 6) is 0.772. The Hall–Kier alpha value is -1.82. The maximum absolute atomic E-state index is 11.8. The van der Waals surface area contributed by atoms with Crippen molar-refractivity contribution in [2.45, 2.75) is 24.3 Å². The molecule has 0 aliphatic heterocycles. The number of nitrogens with one attached hydrogen (secondary N) is 1. The van der Waals surface area contributed by atoms with E-state index in [-0.39, 0.29) is 11.2 Å². The first kappa shape index (κ1) is 14.6. The van der Waals surface area contributed by atoms with Crippen molar-refractivity contribution in [1.82, 2.24) is 20.1 Å². The van der Waals surface area contributed by atoms with Gasteiger partial charge in [0.25, 0.3) is 0 Å². The molecule has 0 saturated carbocycles. The van der Waals surface area contributed by atoms with Gasteiger partial charge in [0.2, 0.25) is 11.1 Å². The van der Waals surface area contributed by atoms with Gasteiger partial charge in [-0.3, -0.25) is 9.89 Å². The fourth-order valence-corrected chi connectivity index (χ4v) is 2.58. The van der Waals surface area contributed by atoms with Gasteiger partial charge in [-0.1, -0.05) is 41.6 Å². The van der Waals surface area contributed by atoms with Gasteiger partial charge in [-0.05, 0) is 13.8 Å². The second kappa shape index (κ2) is 6.09. The van der Waals surface area contributed by atoms with E-state index in [9.17, 15) is 4.79 Å². The molecule has 0 radical (unpaired) electrons. The van der Waals surface area contributed by atoms with Crippen LogP contribution >= 0.6 is 11.8 Å². The molecule has 0 bridgehead atoms. The first-order valence-electron chi connectivity index (χ1n) is 6.34. The van der Waals surface area contributed by atoms with Gasteiger partial charge in [-0.25, -0.2) is 4.98 Å². The van der Waals surface area contributed by atoms with Gasteiger partial charge in [-0.2, -0.15) is 0 Å². The molecule has 0 unspecified atom stereocenters. The lowest BCUT2D eigenvalue weighted by Gasteiger charge is -2.14. The smallest absolute Gasteiger partial charge is 0.235 e. The largest absolute Gasteiger partial charge is 0.348 e. The average molecular weight is 290 g/mol. The quantitative estimate of drug-likeness (QED) is 0.878. The average Bonchev–Trinajstić information content (AvgIpc) is 2.87. The van der Waals surface area contributed by atoms with E-state index in [4.69, 9.17) is 0 Å². The number of aromatic nitrogens is 3. The van der Waals surface area contributed by atoms with Crippen LogP contribution < -0.4 is 0 Å². The second-order valence-corrected chi connectivity index (χ2v) is 6.13. The molecule has 6 heteroatoms. The maximum Gasteiger partial charge on any atom is 0.235 e. The Morgan fingerprint density at radius 1 is 1.30 bits per heavy atom. The Labute approximate surface area is 122 Å². The van der Waals surface area contributed by atoms with E-state index in [2.05, 4.69) is 15.2 Å². The molecule has 1 amide bonds. The zero-order chi connectivity index (χ0) is 14.7.